The SMILES string of the molecule is CCOC(=O)C(N)CSCc1cccc(C#N)c1F. The average molecular weight is 282 g/mol. The molecule has 1 atom stereocenters. The van der Waals surface area contributed by atoms with Crippen molar-refractivity contribution >= 4 is 17.7 Å². The molecule has 2 N–H and O–H groups in total. The number of halogens is 1. The van der Waals surface area contributed by atoms with Crippen LogP contribution in [0.4, 0.5) is 4.39 Å². The number of esters is 1. The van der Waals surface area contributed by atoms with E-state index in [-0.39, 0.29) is 12.2 Å². The summed E-state index contributed by atoms with van der Waals surface area (Å²) in [7, 11) is 0. The molecule has 102 valence electrons. The summed E-state index contributed by atoms with van der Waals surface area (Å²) in [6, 6.07) is 5.73. The van der Waals surface area contributed by atoms with E-state index >= 15 is 0 Å². The highest BCUT2D eigenvalue weighted by atomic mass is 32.2. The summed E-state index contributed by atoms with van der Waals surface area (Å²) < 4.78 is 18.5. The van der Waals surface area contributed by atoms with Crippen molar-refractivity contribution < 1.29 is 13.9 Å². The minimum absolute atomic E-state index is 0.0211. The zero-order chi connectivity index (χ0) is 14.3. The van der Waals surface area contributed by atoms with Crippen molar-refractivity contribution in [2.45, 2.75) is 18.7 Å². The highest BCUT2D eigenvalue weighted by molar-refractivity contribution is 7.98. The van der Waals surface area contributed by atoms with Gasteiger partial charge in [-0.15, -0.1) is 0 Å². The van der Waals surface area contributed by atoms with Crippen LogP contribution >= 0.6 is 11.8 Å². The maximum Gasteiger partial charge on any atom is 0.323 e. The first kappa shape index (κ1) is 15.5. The molecular formula is C13H15FN2O2S. The lowest BCUT2D eigenvalue weighted by atomic mass is 10.1. The third-order valence-corrected chi connectivity index (χ3v) is 3.45. The molecule has 0 spiro atoms. The summed E-state index contributed by atoms with van der Waals surface area (Å²) in [5.74, 6) is -0.271. The Morgan fingerprint density at radius 1 is 1.63 bits per heavy atom. The predicted molar refractivity (Wildman–Crippen MR) is 71.9 cm³/mol. The Balaban J connectivity index is 2.50. The Hall–Kier alpha value is -1.58. The number of nitrogens with zero attached hydrogens (tertiary/aromatic N) is 1. The number of ether oxygens (including phenoxy) is 1. The maximum atomic E-state index is 13.7. The van der Waals surface area contributed by atoms with Gasteiger partial charge in [0.2, 0.25) is 0 Å². The van der Waals surface area contributed by atoms with Crippen LogP contribution < -0.4 is 5.73 Å². The number of nitrogens with two attached hydrogens (primary N) is 1. The third-order valence-electron chi connectivity index (χ3n) is 2.34. The van der Waals surface area contributed by atoms with Gasteiger partial charge in [-0.1, -0.05) is 12.1 Å². The summed E-state index contributed by atoms with van der Waals surface area (Å²) in [5, 5.41) is 8.71. The van der Waals surface area contributed by atoms with Crippen LogP contribution in [0.3, 0.4) is 0 Å². The van der Waals surface area contributed by atoms with E-state index < -0.39 is 17.8 Å². The van der Waals surface area contributed by atoms with E-state index in [1.807, 2.05) is 0 Å². The van der Waals surface area contributed by atoms with Crippen molar-refractivity contribution in [2.75, 3.05) is 12.4 Å². The first-order valence-corrected chi connectivity index (χ1v) is 6.93. The lowest BCUT2D eigenvalue weighted by molar-refractivity contribution is -0.144. The molecule has 0 aliphatic heterocycles. The van der Waals surface area contributed by atoms with Crippen LogP contribution in [0.5, 0.6) is 0 Å². The quantitative estimate of drug-likeness (QED) is 0.805. The normalized spacial score (nSPS) is 11.7. The number of hydrogen-bond acceptors (Lipinski definition) is 5. The molecule has 0 aliphatic rings. The first-order valence-electron chi connectivity index (χ1n) is 5.77. The number of carbonyl (C=O) groups excluding carboxylic acids is 1. The van der Waals surface area contributed by atoms with E-state index in [1.54, 1.807) is 25.1 Å². The first-order chi connectivity index (χ1) is 9.10. The summed E-state index contributed by atoms with van der Waals surface area (Å²) in [5.41, 5.74) is 6.07. The molecule has 0 fully saturated rings. The fourth-order valence-corrected chi connectivity index (χ4v) is 2.34. The Morgan fingerprint density at radius 2 is 2.37 bits per heavy atom. The minimum atomic E-state index is -0.716. The van der Waals surface area contributed by atoms with E-state index in [4.69, 9.17) is 15.7 Å². The molecule has 0 radical (unpaired) electrons. The molecular weight excluding hydrogens is 267 g/mol. The fourth-order valence-electron chi connectivity index (χ4n) is 1.39. The fraction of sp³-hybridized carbons (Fsp3) is 0.385. The molecule has 1 rings (SSSR count). The van der Waals surface area contributed by atoms with Crippen molar-refractivity contribution in [2.24, 2.45) is 5.73 Å². The van der Waals surface area contributed by atoms with Gasteiger partial charge in [0.25, 0.3) is 0 Å². The number of benzene rings is 1. The van der Waals surface area contributed by atoms with Gasteiger partial charge in [0.05, 0.1) is 12.2 Å². The van der Waals surface area contributed by atoms with Crippen molar-refractivity contribution in [3.63, 3.8) is 0 Å². The van der Waals surface area contributed by atoms with Gasteiger partial charge in [0.15, 0.2) is 0 Å². The third kappa shape index (κ3) is 4.54. The second-order valence-corrected chi connectivity index (χ2v) is 4.79. The second kappa shape index (κ2) is 7.77. The van der Waals surface area contributed by atoms with Gasteiger partial charge >= 0.3 is 5.97 Å². The van der Waals surface area contributed by atoms with Gasteiger partial charge in [-0.3, -0.25) is 4.79 Å². The Bertz CT molecular complexity index is 488. The molecule has 4 nitrogen and oxygen atoms in total. The molecule has 1 aromatic carbocycles. The molecule has 0 aliphatic carbocycles. The number of carbonyl (C=O) groups is 1. The molecule has 19 heavy (non-hydrogen) atoms. The van der Waals surface area contributed by atoms with Crippen molar-refractivity contribution in [1.82, 2.24) is 0 Å². The maximum absolute atomic E-state index is 13.7. The lowest BCUT2D eigenvalue weighted by Crippen LogP contribution is -2.34. The van der Waals surface area contributed by atoms with E-state index in [2.05, 4.69) is 0 Å². The van der Waals surface area contributed by atoms with Gasteiger partial charge in [0, 0.05) is 11.5 Å². The molecule has 6 heteroatoms. The van der Waals surface area contributed by atoms with Crippen LogP contribution in [0.2, 0.25) is 0 Å². The highest BCUT2D eigenvalue weighted by Gasteiger charge is 2.15. The molecule has 1 unspecified atom stereocenters. The van der Waals surface area contributed by atoms with Crippen LogP contribution in [0.25, 0.3) is 0 Å². The molecule has 0 bridgehead atoms. The number of hydrogen-bond donors (Lipinski definition) is 1. The Labute approximate surface area is 115 Å². The Morgan fingerprint density at radius 3 is 3.00 bits per heavy atom. The van der Waals surface area contributed by atoms with E-state index in [0.29, 0.717) is 17.1 Å². The zero-order valence-corrected chi connectivity index (χ0v) is 11.4. The van der Waals surface area contributed by atoms with Crippen molar-refractivity contribution in [1.29, 1.82) is 5.26 Å². The molecule has 0 saturated carbocycles. The van der Waals surface area contributed by atoms with Crippen LogP contribution in [-0.2, 0) is 15.3 Å². The van der Waals surface area contributed by atoms with Gasteiger partial charge in [-0.25, -0.2) is 4.39 Å². The zero-order valence-electron chi connectivity index (χ0n) is 10.6. The number of nitriles is 1. The molecule has 0 aromatic heterocycles. The summed E-state index contributed by atoms with van der Waals surface area (Å²) >= 11 is 1.33. The largest absolute Gasteiger partial charge is 0.465 e. The van der Waals surface area contributed by atoms with Crippen LogP contribution in [-0.4, -0.2) is 24.4 Å². The minimum Gasteiger partial charge on any atom is -0.465 e. The molecule has 0 heterocycles. The number of thioether (sulfide) groups is 1. The standard InChI is InChI=1S/C13H15FN2O2S/c1-2-18-13(17)11(16)8-19-7-10-5-3-4-9(6-15)12(10)14/h3-5,11H,2,7-8,16H2,1H3. The van der Waals surface area contributed by atoms with Gasteiger partial charge in [-0.05, 0) is 18.6 Å². The van der Waals surface area contributed by atoms with E-state index in [1.165, 1.54) is 17.8 Å². The molecule has 1 aromatic rings. The molecule has 0 saturated heterocycles. The average Bonchev–Trinajstić information content (AvgIpc) is 2.40. The van der Waals surface area contributed by atoms with Gasteiger partial charge in [0.1, 0.15) is 17.9 Å². The van der Waals surface area contributed by atoms with Crippen LogP contribution in [0, 0.1) is 17.1 Å². The van der Waals surface area contributed by atoms with Crippen molar-refractivity contribution in [3.8, 4) is 6.07 Å². The van der Waals surface area contributed by atoms with E-state index in [0.717, 1.165) is 0 Å². The predicted octanol–water partition coefficient (Wildman–Crippen LogP) is 1.82. The topological polar surface area (TPSA) is 76.1 Å². The monoisotopic (exact) mass is 282 g/mol. The smallest absolute Gasteiger partial charge is 0.323 e. The summed E-state index contributed by atoms with van der Waals surface area (Å²) in [6.07, 6.45) is 0. The van der Waals surface area contributed by atoms with Gasteiger partial charge in [-0.2, -0.15) is 17.0 Å². The van der Waals surface area contributed by atoms with E-state index in [9.17, 15) is 9.18 Å². The number of rotatable bonds is 6. The molecule has 0 amide bonds. The van der Waals surface area contributed by atoms with Crippen LogP contribution in [0.15, 0.2) is 18.2 Å². The van der Waals surface area contributed by atoms with Crippen LogP contribution in [0.1, 0.15) is 18.1 Å². The summed E-state index contributed by atoms with van der Waals surface area (Å²) in [4.78, 5) is 11.3. The van der Waals surface area contributed by atoms with Gasteiger partial charge < -0.3 is 10.5 Å². The second-order valence-electron chi connectivity index (χ2n) is 3.76. The Kier molecular flexibility index (Phi) is 6.33. The van der Waals surface area contributed by atoms with Crippen molar-refractivity contribution in [3.05, 3.63) is 35.1 Å². The highest BCUT2D eigenvalue weighted by Crippen LogP contribution is 2.18. The lowest BCUT2D eigenvalue weighted by Gasteiger charge is -2.10. The summed E-state index contributed by atoms with van der Waals surface area (Å²) in [6.45, 7) is 2.00.